The van der Waals surface area contributed by atoms with Crippen molar-refractivity contribution in [1.29, 1.82) is 0 Å². The zero-order chi connectivity index (χ0) is 13.2. The number of fused-ring (bicyclic) bond motifs is 1. The van der Waals surface area contributed by atoms with Gasteiger partial charge in [0.2, 0.25) is 0 Å². The highest BCUT2D eigenvalue weighted by Crippen LogP contribution is 2.18. The fourth-order valence-corrected chi connectivity index (χ4v) is 1.86. The van der Waals surface area contributed by atoms with Gasteiger partial charge in [0.05, 0.1) is 5.39 Å². The molecule has 0 aliphatic heterocycles. The number of hydrogen-bond acceptors (Lipinski definition) is 3. The van der Waals surface area contributed by atoms with Gasteiger partial charge in [0.1, 0.15) is 5.82 Å². The van der Waals surface area contributed by atoms with E-state index in [0.29, 0.717) is 22.1 Å². The lowest BCUT2D eigenvalue weighted by molar-refractivity contribution is 0.102. The molecule has 0 aliphatic carbocycles. The normalized spacial score (nSPS) is 10.6. The number of amides is 1. The number of aromatic amines is 1. The molecule has 5 nitrogen and oxygen atoms in total. The smallest absolute Gasteiger partial charge is 0.256 e. The SMILES string of the molecule is O=C(Nc1[nH]nc2ncccc12)c1ccc(Cl)cc1. The Labute approximate surface area is 113 Å². The van der Waals surface area contributed by atoms with Crippen LogP contribution in [0.5, 0.6) is 0 Å². The maximum absolute atomic E-state index is 12.0. The van der Waals surface area contributed by atoms with Crippen LogP contribution in [-0.2, 0) is 0 Å². The van der Waals surface area contributed by atoms with Crippen molar-refractivity contribution in [3.63, 3.8) is 0 Å². The quantitative estimate of drug-likeness (QED) is 0.753. The summed E-state index contributed by atoms with van der Waals surface area (Å²) in [5.74, 6) is 0.300. The topological polar surface area (TPSA) is 70.7 Å². The standard InChI is InChI=1S/C13H9ClN4O/c14-9-5-3-8(4-6-9)13(19)16-12-10-2-1-7-15-11(10)17-18-12/h1-7H,(H2,15,16,17,18,19). The van der Waals surface area contributed by atoms with Crippen LogP contribution in [0, 0.1) is 0 Å². The van der Waals surface area contributed by atoms with E-state index in [1.54, 1.807) is 36.5 Å². The van der Waals surface area contributed by atoms with Crippen LogP contribution in [0.25, 0.3) is 11.0 Å². The van der Waals surface area contributed by atoms with Gasteiger partial charge in [0, 0.05) is 16.8 Å². The first kappa shape index (κ1) is 11.7. The van der Waals surface area contributed by atoms with Gasteiger partial charge in [-0.2, -0.15) is 5.10 Å². The molecule has 0 saturated heterocycles. The summed E-state index contributed by atoms with van der Waals surface area (Å²) in [5, 5.41) is 10.9. The van der Waals surface area contributed by atoms with Gasteiger partial charge in [-0.25, -0.2) is 4.98 Å². The summed E-state index contributed by atoms with van der Waals surface area (Å²) in [6, 6.07) is 10.3. The van der Waals surface area contributed by atoms with E-state index in [0.717, 1.165) is 5.39 Å². The Kier molecular flexibility index (Phi) is 2.89. The number of benzene rings is 1. The van der Waals surface area contributed by atoms with Gasteiger partial charge in [-0.15, -0.1) is 0 Å². The number of aromatic nitrogens is 3. The summed E-state index contributed by atoms with van der Waals surface area (Å²) < 4.78 is 0. The lowest BCUT2D eigenvalue weighted by atomic mass is 10.2. The molecule has 2 N–H and O–H groups in total. The molecule has 1 aromatic carbocycles. The average Bonchev–Trinajstić information content (AvgIpc) is 2.83. The Morgan fingerprint density at radius 3 is 2.79 bits per heavy atom. The number of anilines is 1. The Hall–Kier alpha value is -2.40. The second-order valence-corrected chi connectivity index (χ2v) is 4.37. The van der Waals surface area contributed by atoms with Crippen LogP contribution in [0.2, 0.25) is 5.02 Å². The minimum absolute atomic E-state index is 0.230. The van der Waals surface area contributed by atoms with Crippen LogP contribution >= 0.6 is 11.6 Å². The Bertz CT molecular complexity index is 736. The molecule has 0 saturated carbocycles. The fraction of sp³-hybridized carbons (Fsp3) is 0. The van der Waals surface area contributed by atoms with E-state index in [4.69, 9.17) is 11.6 Å². The molecule has 3 aromatic rings. The Balaban J connectivity index is 1.89. The predicted molar refractivity (Wildman–Crippen MR) is 73.3 cm³/mol. The van der Waals surface area contributed by atoms with Gasteiger partial charge in [0.15, 0.2) is 5.65 Å². The van der Waals surface area contributed by atoms with Crippen molar-refractivity contribution in [3.05, 3.63) is 53.2 Å². The molecule has 0 unspecified atom stereocenters. The van der Waals surface area contributed by atoms with Crippen LogP contribution in [0.3, 0.4) is 0 Å². The van der Waals surface area contributed by atoms with E-state index in [2.05, 4.69) is 20.5 Å². The molecule has 94 valence electrons. The third kappa shape index (κ3) is 2.28. The molecule has 0 spiro atoms. The number of hydrogen-bond donors (Lipinski definition) is 2. The van der Waals surface area contributed by atoms with E-state index >= 15 is 0 Å². The fourth-order valence-electron chi connectivity index (χ4n) is 1.73. The summed E-state index contributed by atoms with van der Waals surface area (Å²) in [5.41, 5.74) is 1.09. The van der Waals surface area contributed by atoms with E-state index in [9.17, 15) is 4.79 Å². The average molecular weight is 273 g/mol. The number of carbonyl (C=O) groups is 1. The molecular formula is C13H9ClN4O. The third-order valence-electron chi connectivity index (χ3n) is 2.67. The lowest BCUT2D eigenvalue weighted by Gasteiger charge is -2.03. The summed E-state index contributed by atoms with van der Waals surface area (Å²) in [4.78, 5) is 16.1. The summed E-state index contributed by atoms with van der Waals surface area (Å²) in [6.07, 6.45) is 1.65. The Morgan fingerprint density at radius 2 is 2.00 bits per heavy atom. The van der Waals surface area contributed by atoms with E-state index < -0.39 is 0 Å². The summed E-state index contributed by atoms with van der Waals surface area (Å²) in [7, 11) is 0. The molecule has 19 heavy (non-hydrogen) atoms. The van der Waals surface area contributed by atoms with Crippen LogP contribution < -0.4 is 5.32 Å². The number of H-pyrrole nitrogens is 1. The molecule has 2 heterocycles. The van der Waals surface area contributed by atoms with Crippen molar-refractivity contribution in [2.75, 3.05) is 5.32 Å². The molecule has 0 aliphatic rings. The predicted octanol–water partition coefficient (Wildman–Crippen LogP) is 2.86. The second kappa shape index (κ2) is 4.70. The number of rotatable bonds is 2. The van der Waals surface area contributed by atoms with Gasteiger partial charge in [-0.1, -0.05) is 11.6 Å². The second-order valence-electron chi connectivity index (χ2n) is 3.93. The van der Waals surface area contributed by atoms with Gasteiger partial charge in [-0.3, -0.25) is 9.89 Å². The van der Waals surface area contributed by atoms with E-state index in [1.165, 1.54) is 0 Å². The largest absolute Gasteiger partial charge is 0.306 e. The molecule has 0 atom stereocenters. The van der Waals surface area contributed by atoms with Crippen molar-refractivity contribution >= 4 is 34.4 Å². The number of pyridine rings is 1. The van der Waals surface area contributed by atoms with Crippen molar-refractivity contribution in [2.45, 2.75) is 0 Å². The zero-order valence-corrected chi connectivity index (χ0v) is 10.5. The van der Waals surface area contributed by atoms with Crippen molar-refractivity contribution in [1.82, 2.24) is 15.2 Å². The molecule has 3 rings (SSSR count). The molecular weight excluding hydrogens is 264 g/mol. The summed E-state index contributed by atoms with van der Waals surface area (Å²) in [6.45, 7) is 0. The number of carbonyl (C=O) groups excluding carboxylic acids is 1. The van der Waals surface area contributed by atoms with Crippen LogP contribution in [0.1, 0.15) is 10.4 Å². The van der Waals surface area contributed by atoms with Gasteiger partial charge >= 0.3 is 0 Å². The van der Waals surface area contributed by atoms with Gasteiger partial charge in [-0.05, 0) is 36.4 Å². The molecule has 0 bridgehead atoms. The first-order valence-corrected chi connectivity index (χ1v) is 5.98. The minimum Gasteiger partial charge on any atom is -0.306 e. The zero-order valence-electron chi connectivity index (χ0n) is 9.72. The Morgan fingerprint density at radius 1 is 1.21 bits per heavy atom. The number of nitrogens with one attached hydrogen (secondary N) is 2. The van der Waals surface area contributed by atoms with Crippen molar-refractivity contribution < 1.29 is 4.79 Å². The molecule has 1 amide bonds. The van der Waals surface area contributed by atoms with Crippen LogP contribution in [-0.4, -0.2) is 21.1 Å². The highest BCUT2D eigenvalue weighted by atomic mass is 35.5. The van der Waals surface area contributed by atoms with E-state index in [1.807, 2.05) is 6.07 Å². The molecule has 2 aromatic heterocycles. The molecule has 6 heteroatoms. The number of nitrogens with zero attached hydrogens (tertiary/aromatic N) is 2. The summed E-state index contributed by atoms with van der Waals surface area (Å²) >= 11 is 5.78. The van der Waals surface area contributed by atoms with Crippen LogP contribution in [0.4, 0.5) is 5.82 Å². The van der Waals surface area contributed by atoms with Gasteiger partial charge in [0.25, 0.3) is 5.91 Å². The first-order valence-electron chi connectivity index (χ1n) is 5.60. The van der Waals surface area contributed by atoms with Crippen LogP contribution in [0.15, 0.2) is 42.6 Å². The maximum atomic E-state index is 12.0. The first-order chi connectivity index (χ1) is 9.24. The number of halogens is 1. The highest BCUT2D eigenvalue weighted by Gasteiger charge is 2.10. The van der Waals surface area contributed by atoms with E-state index in [-0.39, 0.29) is 5.91 Å². The highest BCUT2D eigenvalue weighted by molar-refractivity contribution is 6.30. The van der Waals surface area contributed by atoms with Gasteiger partial charge < -0.3 is 5.32 Å². The lowest BCUT2D eigenvalue weighted by Crippen LogP contribution is -2.12. The minimum atomic E-state index is -0.230. The maximum Gasteiger partial charge on any atom is 0.256 e. The monoisotopic (exact) mass is 272 g/mol. The third-order valence-corrected chi connectivity index (χ3v) is 2.93. The van der Waals surface area contributed by atoms with Crippen molar-refractivity contribution in [3.8, 4) is 0 Å². The molecule has 0 radical (unpaired) electrons. The van der Waals surface area contributed by atoms with Crippen molar-refractivity contribution in [2.24, 2.45) is 0 Å². The molecule has 0 fully saturated rings.